The third-order valence-electron chi connectivity index (χ3n) is 5.10. The van der Waals surface area contributed by atoms with Crippen molar-refractivity contribution in [1.82, 2.24) is 5.32 Å². The Morgan fingerprint density at radius 2 is 1.22 bits per heavy atom. The summed E-state index contributed by atoms with van der Waals surface area (Å²) in [5.74, 6) is -0.982. The molecule has 0 bridgehead atoms. The van der Waals surface area contributed by atoms with Crippen molar-refractivity contribution in [2.45, 2.75) is 96.8 Å². The van der Waals surface area contributed by atoms with E-state index in [0.717, 1.165) is 12.8 Å². The first kappa shape index (κ1) is 25.9. The number of carbonyl (C=O) groups excluding carboxylic acids is 2. The Morgan fingerprint density at radius 3 is 1.67 bits per heavy atom. The van der Waals surface area contributed by atoms with E-state index in [-0.39, 0.29) is 12.5 Å². The summed E-state index contributed by atoms with van der Waals surface area (Å²) in [5, 5.41) is 13.5. The molecule has 0 heterocycles. The first-order valence-electron chi connectivity index (χ1n) is 11.2. The molecule has 160 valence electrons. The molecule has 5 heteroatoms. The molecule has 0 aliphatic rings. The molecule has 0 unspecified atom stereocenters. The minimum atomic E-state index is -1.06. The van der Waals surface area contributed by atoms with E-state index < -0.39 is 5.97 Å². The molecule has 27 heavy (non-hydrogen) atoms. The molecular formula is C22H44N2O3. The van der Waals surface area contributed by atoms with Crippen molar-refractivity contribution < 1.29 is 19.2 Å². The molecule has 0 saturated carbocycles. The van der Waals surface area contributed by atoms with Crippen LogP contribution in [0.5, 0.6) is 0 Å². The van der Waals surface area contributed by atoms with E-state index in [0.29, 0.717) is 24.0 Å². The Balaban J connectivity index is 3.35. The molecule has 0 aromatic rings. The lowest BCUT2D eigenvalue weighted by molar-refractivity contribution is -0.883. The fraction of sp³-hybridized carbons (Fsp3) is 0.909. The quantitative estimate of drug-likeness (QED) is 0.274. The van der Waals surface area contributed by atoms with Crippen LogP contribution in [0.1, 0.15) is 96.8 Å². The number of carboxylic acid groups (broad SMARTS) is 1. The first-order chi connectivity index (χ1) is 12.9. The van der Waals surface area contributed by atoms with Gasteiger partial charge in [-0.1, -0.05) is 84.0 Å². The molecule has 0 radical (unpaired) electrons. The van der Waals surface area contributed by atoms with Gasteiger partial charge in [-0.2, -0.15) is 0 Å². The van der Waals surface area contributed by atoms with Gasteiger partial charge in [-0.05, 0) is 6.42 Å². The van der Waals surface area contributed by atoms with Crippen LogP contribution in [-0.2, 0) is 9.59 Å². The van der Waals surface area contributed by atoms with Gasteiger partial charge in [0.1, 0.15) is 6.54 Å². The van der Waals surface area contributed by atoms with Gasteiger partial charge in [-0.25, -0.2) is 0 Å². The number of amides is 1. The van der Waals surface area contributed by atoms with Gasteiger partial charge in [-0.3, -0.25) is 4.79 Å². The zero-order valence-electron chi connectivity index (χ0n) is 18.2. The number of likely N-dealkylation sites (N-methyl/N-ethyl adjacent to an activating group) is 1. The third kappa shape index (κ3) is 19.5. The number of hydrogen-bond donors (Lipinski definition) is 1. The number of aliphatic carboxylic acids is 1. The standard InChI is InChI=1S/C22H44N2O3/c1-4-5-6-7-8-9-10-11-12-13-14-15-16-17-21(25)23-18-19-24(2,3)20-22(26)27/h4-20H2,1-3H3,(H-,23,25,26,27). The number of rotatable bonds is 19. The summed E-state index contributed by atoms with van der Waals surface area (Å²) >= 11 is 0. The van der Waals surface area contributed by atoms with Crippen molar-refractivity contribution in [3.05, 3.63) is 0 Å². The van der Waals surface area contributed by atoms with Crippen LogP contribution in [0.2, 0.25) is 0 Å². The zero-order chi connectivity index (χ0) is 20.4. The Hall–Kier alpha value is -1.10. The average molecular weight is 385 g/mol. The minimum Gasteiger partial charge on any atom is -0.544 e. The van der Waals surface area contributed by atoms with E-state index in [4.69, 9.17) is 0 Å². The fourth-order valence-electron chi connectivity index (χ4n) is 3.32. The first-order valence-corrected chi connectivity index (χ1v) is 11.2. The number of carboxylic acids is 1. The van der Waals surface area contributed by atoms with Crippen LogP contribution < -0.4 is 10.4 Å². The molecule has 0 aromatic heterocycles. The highest BCUT2D eigenvalue weighted by atomic mass is 16.4. The van der Waals surface area contributed by atoms with Gasteiger partial charge in [0.05, 0.1) is 33.2 Å². The molecule has 5 nitrogen and oxygen atoms in total. The van der Waals surface area contributed by atoms with E-state index in [1.807, 2.05) is 14.1 Å². The molecule has 0 spiro atoms. The predicted octanol–water partition coefficient (Wildman–Crippen LogP) is 3.41. The summed E-state index contributed by atoms with van der Waals surface area (Å²) in [4.78, 5) is 22.5. The number of carbonyl (C=O) groups is 2. The summed E-state index contributed by atoms with van der Waals surface area (Å²) in [7, 11) is 3.66. The van der Waals surface area contributed by atoms with Gasteiger partial charge < -0.3 is 19.7 Å². The highest BCUT2D eigenvalue weighted by Crippen LogP contribution is 2.12. The second-order valence-electron chi connectivity index (χ2n) is 8.53. The van der Waals surface area contributed by atoms with Crippen molar-refractivity contribution in [3.8, 4) is 0 Å². The monoisotopic (exact) mass is 384 g/mol. The molecule has 0 saturated heterocycles. The molecule has 0 aliphatic carbocycles. The van der Waals surface area contributed by atoms with Gasteiger partial charge in [0.25, 0.3) is 0 Å². The predicted molar refractivity (Wildman–Crippen MR) is 110 cm³/mol. The largest absolute Gasteiger partial charge is 0.544 e. The molecule has 0 aromatic carbocycles. The molecule has 0 atom stereocenters. The third-order valence-corrected chi connectivity index (χ3v) is 5.10. The lowest BCUT2D eigenvalue weighted by Gasteiger charge is -2.30. The van der Waals surface area contributed by atoms with Crippen LogP contribution in [0.15, 0.2) is 0 Å². The normalized spacial score (nSPS) is 11.5. The number of unbranched alkanes of at least 4 members (excludes halogenated alkanes) is 12. The van der Waals surface area contributed by atoms with Crippen molar-refractivity contribution in [2.75, 3.05) is 33.7 Å². The lowest BCUT2D eigenvalue weighted by Crippen LogP contribution is -2.51. The van der Waals surface area contributed by atoms with Crippen molar-refractivity contribution in [2.24, 2.45) is 0 Å². The Morgan fingerprint density at radius 1 is 0.778 bits per heavy atom. The molecule has 1 amide bonds. The van der Waals surface area contributed by atoms with E-state index in [1.54, 1.807) is 0 Å². The average Bonchev–Trinajstić information content (AvgIpc) is 2.57. The van der Waals surface area contributed by atoms with Crippen LogP contribution in [0, 0.1) is 0 Å². The van der Waals surface area contributed by atoms with Gasteiger partial charge in [0.15, 0.2) is 0 Å². The Kier molecular flexibility index (Phi) is 16.3. The van der Waals surface area contributed by atoms with Crippen molar-refractivity contribution in [1.29, 1.82) is 0 Å². The Bertz CT molecular complexity index is 384. The smallest absolute Gasteiger partial charge is 0.220 e. The summed E-state index contributed by atoms with van der Waals surface area (Å²) < 4.78 is 0.321. The highest BCUT2D eigenvalue weighted by Gasteiger charge is 2.15. The van der Waals surface area contributed by atoms with E-state index in [1.165, 1.54) is 70.6 Å². The van der Waals surface area contributed by atoms with Crippen LogP contribution >= 0.6 is 0 Å². The van der Waals surface area contributed by atoms with Gasteiger partial charge in [0.2, 0.25) is 5.91 Å². The molecule has 0 aliphatic heterocycles. The lowest BCUT2D eigenvalue weighted by atomic mass is 10.0. The second-order valence-corrected chi connectivity index (χ2v) is 8.53. The molecule has 1 N–H and O–H groups in total. The van der Waals surface area contributed by atoms with Crippen LogP contribution in [0.3, 0.4) is 0 Å². The van der Waals surface area contributed by atoms with Crippen molar-refractivity contribution in [3.63, 3.8) is 0 Å². The maximum atomic E-state index is 11.8. The Labute approximate surface area is 167 Å². The number of quaternary nitrogens is 1. The summed E-state index contributed by atoms with van der Waals surface area (Å²) in [6.07, 6.45) is 17.5. The fourth-order valence-corrected chi connectivity index (χ4v) is 3.32. The number of nitrogens with zero attached hydrogens (tertiary/aromatic N) is 1. The topological polar surface area (TPSA) is 69.2 Å². The molecule has 0 fully saturated rings. The maximum Gasteiger partial charge on any atom is 0.220 e. The van der Waals surface area contributed by atoms with Crippen molar-refractivity contribution >= 4 is 11.9 Å². The maximum absolute atomic E-state index is 11.8. The summed E-state index contributed by atoms with van der Waals surface area (Å²) in [5.41, 5.74) is 0. The van der Waals surface area contributed by atoms with Gasteiger partial charge >= 0.3 is 0 Å². The van der Waals surface area contributed by atoms with Crippen LogP contribution in [0.4, 0.5) is 0 Å². The molecule has 0 rings (SSSR count). The zero-order valence-corrected chi connectivity index (χ0v) is 18.2. The summed E-state index contributed by atoms with van der Waals surface area (Å²) in [6, 6.07) is 0. The summed E-state index contributed by atoms with van der Waals surface area (Å²) in [6.45, 7) is 3.33. The van der Waals surface area contributed by atoms with E-state index in [2.05, 4.69) is 12.2 Å². The number of nitrogens with one attached hydrogen (secondary N) is 1. The second kappa shape index (κ2) is 17.0. The number of hydrogen-bond acceptors (Lipinski definition) is 3. The highest BCUT2D eigenvalue weighted by molar-refractivity contribution is 5.75. The van der Waals surface area contributed by atoms with Crippen LogP contribution in [-0.4, -0.2) is 50.1 Å². The van der Waals surface area contributed by atoms with E-state index in [9.17, 15) is 14.7 Å². The SMILES string of the molecule is CCCCCCCCCCCCCCCC(=O)NCC[N+](C)(C)CC(=O)[O-]. The van der Waals surface area contributed by atoms with Crippen LogP contribution in [0.25, 0.3) is 0 Å². The van der Waals surface area contributed by atoms with E-state index >= 15 is 0 Å². The molecular weight excluding hydrogens is 340 g/mol. The van der Waals surface area contributed by atoms with Gasteiger partial charge in [0, 0.05) is 6.42 Å². The minimum absolute atomic E-state index is 0.0330. The van der Waals surface area contributed by atoms with Gasteiger partial charge in [-0.15, -0.1) is 0 Å².